The Morgan fingerprint density at radius 3 is 2.31 bits per heavy atom. The first-order valence-electron chi connectivity index (χ1n) is 10.6. The van der Waals surface area contributed by atoms with Crippen molar-refractivity contribution in [3.8, 4) is 0 Å². The average molecular weight is 437 g/mol. The Morgan fingerprint density at radius 2 is 1.66 bits per heavy atom. The molecule has 1 amide bonds. The molecule has 2 aromatic carbocycles. The molecule has 0 N–H and O–H groups in total. The van der Waals surface area contributed by atoms with Gasteiger partial charge in [0, 0.05) is 24.2 Å². The molecule has 7 nitrogen and oxygen atoms in total. The zero-order chi connectivity index (χ0) is 23.3. The molecule has 0 spiro atoms. The Bertz CT molecular complexity index is 1030. The van der Waals surface area contributed by atoms with Crippen LogP contribution in [0.2, 0.25) is 0 Å². The Hall–Kier alpha value is -3.48. The molecule has 1 atom stereocenters. The third-order valence-corrected chi connectivity index (χ3v) is 5.48. The standard InChI is InChI=1S/C25H27NO6/c1-4-11-31-24(29)18-7-9-21(10-8-18)26-14-20(13-23(26)28)25(30)32-15-22(27)19-6-5-16(2)17(3)12-19/h5-10,12,20H,4,11,13-15H2,1-3H3/t20-/m1/s1. The molecular formula is C25H27NO6. The van der Waals surface area contributed by atoms with Crippen LogP contribution in [-0.4, -0.2) is 43.4 Å². The molecule has 1 aliphatic rings. The highest BCUT2D eigenvalue weighted by atomic mass is 16.5. The fourth-order valence-corrected chi connectivity index (χ4v) is 3.42. The number of carbonyl (C=O) groups excluding carboxylic acids is 4. The lowest BCUT2D eigenvalue weighted by Crippen LogP contribution is -2.27. The van der Waals surface area contributed by atoms with Gasteiger partial charge in [-0.2, -0.15) is 0 Å². The highest BCUT2D eigenvalue weighted by Crippen LogP contribution is 2.26. The average Bonchev–Trinajstić information content (AvgIpc) is 3.19. The first-order chi connectivity index (χ1) is 15.3. The zero-order valence-electron chi connectivity index (χ0n) is 18.6. The molecule has 32 heavy (non-hydrogen) atoms. The van der Waals surface area contributed by atoms with Crippen molar-refractivity contribution in [1.82, 2.24) is 0 Å². The molecule has 0 aliphatic carbocycles. The molecule has 0 unspecified atom stereocenters. The third-order valence-electron chi connectivity index (χ3n) is 5.48. The second-order valence-electron chi connectivity index (χ2n) is 7.92. The van der Waals surface area contributed by atoms with Crippen molar-refractivity contribution in [3.05, 3.63) is 64.7 Å². The number of benzene rings is 2. The van der Waals surface area contributed by atoms with Gasteiger partial charge in [0.2, 0.25) is 5.91 Å². The quantitative estimate of drug-likeness (QED) is 0.463. The van der Waals surface area contributed by atoms with Crippen LogP contribution in [0.1, 0.15) is 51.6 Å². The van der Waals surface area contributed by atoms with Gasteiger partial charge >= 0.3 is 11.9 Å². The summed E-state index contributed by atoms with van der Waals surface area (Å²) in [5.74, 6) is -2.13. The Balaban J connectivity index is 1.56. The van der Waals surface area contributed by atoms with Crippen molar-refractivity contribution < 1.29 is 28.7 Å². The number of carbonyl (C=O) groups is 4. The predicted molar refractivity (Wildman–Crippen MR) is 119 cm³/mol. The predicted octanol–water partition coefficient (Wildman–Crippen LogP) is 3.65. The number of rotatable bonds is 8. The summed E-state index contributed by atoms with van der Waals surface area (Å²) in [5, 5.41) is 0. The van der Waals surface area contributed by atoms with E-state index in [1.54, 1.807) is 36.4 Å². The number of hydrogen-bond acceptors (Lipinski definition) is 6. The van der Waals surface area contributed by atoms with Crippen LogP contribution in [0.15, 0.2) is 42.5 Å². The minimum atomic E-state index is -0.649. The van der Waals surface area contributed by atoms with Gasteiger partial charge in [0.05, 0.1) is 18.1 Å². The van der Waals surface area contributed by atoms with Gasteiger partial charge in [-0.3, -0.25) is 14.4 Å². The van der Waals surface area contributed by atoms with Gasteiger partial charge in [0.25, 0.3) is 0 Å². The van der Waals surface area contributed by atoms with Crippen molar-refractivity contribution >= 4 is 29.3 Å². The maximum Gasteiger partial charge on any atom is 0.338 e. The number of hydrogen-bond donors (Lipinski definition) is 0. The number of ether oxygens (including phenoxy) is 2. The highest BCUT2D eigenvalue weighted by molar-refractivity contribution is 6.01. The lowest BCUT2D eigenvalue weighted by Gasteiger charge is -2.17. The number of esters is 2. The lowest BCUT2D eigenvalue weighted by atomic mass is 10.0. The van der Waals surface area contributed by atoms with E-state index in [2.05, 4.69) is 0 Å². The fraction of sp³-hybridized carbons (Fsp3) is 0.360. The molecule has 1 saturated heterocycles. The molecule has 7 heteroatoms. The van der Waals surface area contributed by atoms with E-state index in [1.807, 2.05) is 26.8 Å². The largest absolute Gasteiger partial charge is 0.462 e. The highest BCUT2D eigenvalue weighted by Gasteiger charge is 2.36. The summed E-state index contributed by atoms with van der Waals surface area (Å²) in [6, 6.07) is 11.8. The van der Waals surface area contributed by atoms with Gasteiger partial charge in [-0.05, 0) is 61.7 Å². The third kappa shape index (κ3) is 5.41. The number of ketones is 1. The van der Waals surface area contributed by atoms with Crippen LogP contribution >= 0.6 is 0 Å². The number of aryl methyl sites for hydroxylation is 2. The summed E-state index contributed by atoms with van der Waals surface area (Å²) in [5.41, 5.74) is 3.54. The maximum atomic E-state index is 12.5. The number of Topliss-reactive ketones (excluding diaryl/α,β-unsaturated/α-hetero) is 1. The summed E-state index contributed by atoms with van der Waals surface area (Å²) in [6.45, 7) is 5.93. The van der Waals surface area contributed by atoms with Crippen molar-refractivity contribution in [2.45, 2.75) is 33.6 Å². The molecule has 0 bridgehead atoms. The lowest BCUT2D eigenvalue weighted by molar-refractivity contribution is -0.147. The van der Waals surface area contributed by atoms with Crippen LogP contribution in [0, 0.1) is 19.8 Å². The molecule has 0 radical (unpaired) electrons. The molecule has 0 aromatic heterocycles. The number of amides is 1. The monoisotopic (exact) mass is 437 g/mol. The smallest absolute Gasteiger partial charge is 0.338 e. The first-order valence-corrected chi connectivity index (χ1v) is 10.6. The molecule has 3 rings (SSSR count). The Labute approximate surface area is 187 Å². The summed E-state index contributed by atoms with van der Waals surface area (Å²) >= 11 is 0. The van der Waals surface area contributed by atoms with Crippen LogP contribution in [0.4, 0.5) is 5.69 Å². The number of anilines is 1. The molecule has 168 valence electrons. The number of nitrogens with zero attached hydrogens (tertiary/aromatic N) is 1. The van der Waals surface area contributed by atoms with E-state index >= 15 is 0 Å². The SMILES string of the molecule is CCCOC(=O)c1ccc(N2C[C@H](C(=O)OCC(=O)c3ccc(C)c(C)c3)CC2=O)cc1. The minimum absolute atomic E-state index is 0.0109. The Morgan fingerprint density at radius 1 is 0.969 bits per heavy atom. The van der Waals surface area contributed by atoms with Gasteiger partial charge in [0.1, 0.15) is 0 Å². The van der Waals surface area contributed by atoms with Crippen molar-refractivity contribution in [1.29, 1.82) is 0 Å². The van der Waals surface area contributed by atoms with Crippen molar-refractivity contribution in [2.24, 2.45) is 5.92 Å². The molecule has 0 saturated carbocycles. The van der Waals surface area contributed by atoms with E-state index in [-0.39, 0.29) is 31.3 Å². The molecule has 1 aliphatic heterocycles. The van der Waals surface area contributed by atoms with Gasteiger partial charge in [0.15, 0.2) is 12.4 Å². The van der Waals surface area contributed by atoms with E-state index in [0.717, 1.165) is 17.5 Å². The van der Waals surface area contributed by atoms with E-state index < -0.39 is 17.9 Å². The van der Waals surface area contributed by atoms with E-state index in [9.17, 15) is 19.2 Å². The van der Waals surface area contributed by atoms with Crippen molar-refractivity contribution in [2.75, 3.05) is 24.7 Å². The first kappa shape index (κ1) is 23.2. The van der Waals surface area contributed by atoms with E-state index in [4.69, 9.17) is 9.47 Å². The minimum Gasteiger partial charge on any atom is -0.462 e. The normalized spacial score (nSPS) is 15.5. The van der Waals surface area contributed by atoms with Gasteiger partial charge in [-0.25, -0.2) is 4.79 Å². The molecule has 2 aromatic rings. The molecule has 1 heterocycles. The van der Waals surface area contributed by atoms with E-state index in [1.165, 1.54) is 4.90 Å². The van der Waals surface area contributed by atoms with Crippen LogP contribution in [-0.2, 0) is 19.1 Å². The summed E-state index contributed by atoms with van der Waals surface area (Å²) in [7, 11) is 0. The molecular weight excluding hydrogens is 410 g/mol. The second-order valence-corrected chi connectivity index (χ2v) is 7.92. The van der Waals surface area contributed by atoms with Crippen LogP contribution in [0.5, 0.6) is 0 Å². The maximum absolute atomic E-state index is 12.5. The zero-order valence-corrected chi connectivity index (χ0v) is 18.6. The van der Waals surface area contributed by atoms with Gasteiger partial charge < -0.3 is 14.4 Å². The van der Waals surface area contributed by atoms with Crippen LogP contribution in [0.25, 0.3) is 0 Å². The summed E-state index contributed by atoms with van der Waals surface area (Å²) < 4.78 is 10.3. The summed E-state index contributed by atoms with van der Waals surface area (Å²) in [6.07, 6.45) is 0.747. The van der Waals surface area contributed by atoms with Crippen LogP contribution < -0.4 is 4.90 Å². The van der Waals surface area contributed by atoms with Crippen LogP contribution in [0.3, 0.4) is 0 Å². The van der Waals surface area contributed by atoms with Gasteiger partial charge in [-0.1, -0.05) is 19.1 Å². The topological polar surface area (TPSA) is 90.0 Å². The fourth-order valence-electron chi connectivity index (χ4n) is 3.42. The molecule has 1 fully saturated rings. The second kappa shape index (κ2) is 10.2. The Kier molecular flexibility index (Phi) is 7.41. The van der Waals surface area contributed by atoms with Gasteiger partial charge in [-0.15, -0.1) is 0 Å². The van der Waals surface area contributed by atoms with Crippen molar-refractivity contribution in [3.63, 3.8) is 0 Å². The summed E-state index contributed by atoms with van der Waals surface area (Å²) in [4.78, 5) is 50.6. The van der Waals surface area contributed by atoms with E-state index in [0.29, 0.717) is 23.4 Å².